The van der Waals surface area contributed by atoms with Crippen molar-refractivity contribution in [1.29, 1.82) is 0 Å². The van der Waals surface area contributed by atoms with Crippen molar-refractivity contribution in [2.24, 2.45) is 0 Å². The van der Waals surface area contributed by atoms with Gasteiger partial charge in [0.05, 0.1) is 11.4 Å². The highest BCUT2D eigenvalue weighted by atomic mass is 16.5. The van der Waals surface area contributed by atoms with Crippen LogP contribution in [-0.2, 0) is 6.54 Å². The molecule has 0 aliphatic heterocycles. The number of amides is 1. The van der Waals surface area contributed by atoms with Crippen molar-refractivity contribution in [3.05, 3.63) is 65.8 Å². The Hall–Kier alpha value is -2.89. The third-order valence-electron chi connectivity index (χ3n) is 2.98. The van der Waals surface area contributed by atoms with Gasteiger partial charge in [-0.3, -0.25) is 4.79 Å². The number of nitrogens with one attached hydrogen (secondary N) is 1. The second kappa shape index (κ2) is 5.62. The summed E-state index contributed by atoms with van der Waals surface area (Å²) < 4.78 is 6.69. The SMILES string of the molecule is Cc1cc(C(=O)NCc2cccc(-n3cccn3)c2)on1. The highest BCUT2D eigenvalue weighted by Crippen LogP contribution is 2.10. The lowest BCUT2D eigenvalue weighted by atomic mass is 10.2. The molecule has 0 fully saturated rings. The lowest BCUT2D eigenvalue weighted by molar-refractivity contribution is 0.0914. The lowest BCUT2D eigenvalue weighted by Crippen LogP contribution is -2.22. The molecule has 0 bridgehead atoms. The molecule has 0 aliphatic rings. The number of rotatable bonds is 4. The molecule has 1 aromatic carbocycles. The largest absolute Gasteiger partial charge is 0.351 e. The molecule has 6 nitrogen and oxygen atoms in total. The average Bonchev–Trinajstić information content (AvgIpc) is 3.16. The van der Waals surface area contributed by atoms with E-state index in [-0.39, 0.29) is 11.7 Å². The molecule has 1 amide bonds. The van der Waals surface area contributed by atoms with E-state index in [1.165, 1.54) is 0 Å². The summed E-state index contributed by atoms with van der Waals surface area (Å²) in [6, 6.07) is 11.3. The molecule has 106 valence electrons. The Balaban J connectivity index is 1.68. The van der Waals surface area contributed by atoms with Crippen molar-refractivity contribution in [3.63, 3.8) is 0 Å². The summed E-state index contributed by atoms with van der Waals surface area (Å²) in [5, 5.41) is 10.7. The summed E-state index contributed by atoms with van der Waals surface area (Å²) in [6.45, 7) is 2.18. The molecule has 2 aromatic heterocycles. The topological polar surface area (TPSA) is 73.0 Å². The van der Waals surface area contributed by atoms with Crippen LogP contribution in [0.2, 0.25) is 0 Å². The van der Waals surface area contributed by atoms with Gasteiger partial charge >= 0.3 is 0 Å². The van der Waals surface area contributed by atoms with Crippen LogP contribution in [-0.4, -0.2) is 20.8 Å². The zero-order valence-electron chi connectivity index (χ0n) is 11.5. The Bertz CT molecular complexity index is 747. The zero-order chi connectivity index (χ0) is 14.7. The maximum atomic E-state index is 11.9. The molecule has 3 rings (SSSR count). The minimum atomic E-state index is -0.278. The van der Waals surface area contributed by atoms with E-state index in [0.717, 1.165) is 11.3 Å². The fourth-order valence-corrected chi connectivity index (χ4v) is 1.97. The van der Waals surface area contributed by atoms with Gasteiger partial charge in [0, 0.05) is 25.0 Å². The van der Waals surface area contributed by atoms with E-state index in [1.54, 1.807) is 23.9 Å². The van der Waals surface area contributed by atoms with E-state index in [1.807, 2.05) is 36.5 Å². The summed E-state index contributed by atoms with van der Waals surface area (Å²) in [5.74, 6) is -0.0594. The van der Waals surface area contributed by atoms with E-state index in [4.69, 9.17) is 4.52 Å². The Morgan fingerprint density at radius 1 is 1.33 bits per heavy atom. The van der Waals surface area contributed by atoms with Gasteiger partial charge in [-0.15, -0.1) is 0 Å². The monoisotopic (exact) mass is 282 g/mol. The van der Waals surface area contributed by atoms with Crippen LogP contribution in [0.15, 0.2) is 53.3 Å². The molecule has 0 saturated carbocycles. The number of carbonyl (C=O) groups is 1. The number of aromatic nitrogens is 3. The van der Waals surface area contributed by atoms with Crippen LogP contribution in [0.25, 0.3) is 5.69 Å². The highest BCUT2D eigenvalue weighted by Gasteiger charge is 2.11. The molecule has 21 heavy (non-hydrogen) atoms. The van der Waals surface area contributed by atoms with Crippen molar-refractivity contribution in [1.82, 2.24) is 20.3 Å². The summed E-state index contributed by atoms with van der Waals surface area (Å²) in [5.41, 5.74) is 2.61. The summed E-state index contributed by atoms with van der Waals surface area (Å²) >= 11 is 0. The number of aryl methyl sites for hydroxylation is 1. The molecule has 0 radical (unpaired) electrons. The number of hydrogen-bond acceptors (Lipinski definition) is 4. The van der Waals surface area contributed by atoms with Crippen molar-refractivity contribution in [3.8, 4) is 5.69 Å². The summed E-state index contributed by atoms with van der Waals surface area (Å²) in [7, 11) is 0. The predicted molar refractivity (Wildman–Crippen MR) is 76.0 cm³/mol. The molecular formula is C15H14N4O2. The van der Waals surface area contributed by atoms with Crippen molar-refractivity contribution < 1.29 is 9.32 Å². The highest BCUT2D eigenvalue weighted by molar-refractivity contribution is 5.91. The first kappa shape index (κ1) is 13.1. The quantitative estimate of drug-likeness (QED) is 0.795. The average molecular weight is 282 g/mol. The van der Waals surface area contributed by atoms with Gasteiger partial charge in [-0.25, -0.2) is 4.68 Å². The van der Waals surface area contributed by atoms with Gasteiger partial charge in [-0.1, -0.05) is 17.3 Å². The molecule has 0 unspecified atom stereocenters. The van der Waals surface area contributed by atoms with E-state index in [0.29, 0.717) is 12.2 Å². The van der Waals surface area contributed by atoms with Gasteiger partial charge in [0.15, 0.2) is 0 Å². The lowest BCUT2D eigenvalue weighted by Gasteiger charge is -2.06. The van der Waals surface area contributed by atoms with Gasteiger partial charge < -0.3 is 9.84 Å². The van der Waals surface area contributed by atoms with Gasteiger partial charge in [0.25, 0.3) is 5.91 Å². The molecule has 2 heterocycles. The minimum absolute atomic E-state index is 0.218. The first-order valence-corrected chi connectivity index (χ1v) is 6.53. The van der Waals surface area contributed by atoms with Crippen LogP contribution in [0.1, 0.15) is 21.8 Å². The molecule has 0 saturated heterocycles. The van der Waals surface area contributed by atoms with E-state index in [2.05, 4.69) is 15.6 Å². The molecule has 0 aliphatic carbocycles. The number of nitrogens with zero attached hydrogens (tertiary/aromatic N) is 3. The third-order valence-corrected chi connectivity index (χ3v) is 2.98. The van der Waals surface area contributed by atoms with E-state index in [9.17, 15) is 4.79 Å². The fraction of sp³-hybridized carbons (Fsp3) is 0.133. The zero-order valence-corrected chi connectivity index (χ0v) is 11.5. The summed E-state index contributed by atoms with van der Waals surface area (Å²) in [6.07, 6.45) is 3.59. The molecule has 0 spiro atoms. The third kappa shape index (κ3) is 3.00. The van der Waals surface area contributed by atoms with Crippen LogP contribution in [0, 0.1) is 6.92 Å². The number of benzene rings is 1. The Morgan fingerprint density at radius 3 is 2.95 bits per heavy atom. The van der Waals surface area contributed by atoms with Crippen LogP contribution in [0.5, 0.6) is 0 Å². The molecular weight excluding hydrogens is 268 g/mol. The van der Waals surface area contributed by atoms with Crippen molar-refractivity contribution in [2.75, 3.05) is 0 Å². The van der Waals surface area contributed by atoms with E-state index < -0.39 is 0 Å². The molecule has 0 atom stereocenters. The van der Waals surface area contributed by atoms with Gasteiger partial charge in [0.1, 0.15) is 0 Å². The van der Waals surface area contributed by atoms with Crippen molar-refractivity contribution in [2.45, 2.75) is 13.5 Å². The maximum Gasteiger partial charge on any atom is 0.290 e. The minimum Gasteiger partial charge on any atom is -0.351 e. The predicted octanol–water partition coefficient (Wildman–Crippen LogP) is 2.10. The van der Waals surface area contributed by atoms with Gasteiger partial charge in [-0.05, 0) is 30.7 Å². The van der Waals surface area contributed by atoms with Crippen LogP contribution in [0.3, 0.4) is 0 Å². The summed E-state index contributed by atoms with van der Waals surface area (Å²) in [4.78, 5) is 11.9. The first-order chi connectivity index (χ1) is 10.2. The maximum absolute atomic E-state index is 11.9. The van der Waals surface area contributed by atoms with Gasteiger partial charge in [0.2, 0.25) is 5.76 Å². The molecule has 6 heteroatoms. The standard InChI is InChI=1S/C15H14N4O2/c1-11-8-14(21-18-11)15(20)16-10-12-4-2-5-13(9-12)19-7-3-6-17-19/h2-9H,10H2,1H3,(H,16,20). The van der Waals surface area contributed by atoms with Crippen LogP contribution >= 0.6 is 0 Å². The number of hydrogen-bond donors (Lipinski definition) is 1. The van der Waals surface area contributed by atoms with Gasteiger partial charge in [-0.2, -0.15) is 5.10 Å². The second-order valence-electron chi connectivity index (χ2n) is 4.64. The Kier molecular flexibility index (Phi) is 3.51. The van der Waals surface area contributed by atoms with Crippen LogP contribution < -0.4 is 5.32 Å². The van der Waals surface area contributed by atoms with Crippen molar-refractivity contribution >= 4 is 5.91 Å². The normalized spacial score (nSPS) is 10.5. The van der Waals surface area contributed by atoms with E-state index >= 15 is 0 Å². The molecule has 1 N–H and O–H groups in total. The fourth-order valence-electron chi connectivity index (χ4n) is 1.97. The Morgan fingerprint density at radius 2 is 2.24 bits per heavy atom. The first-order valence-electron chi connectivity index (χ1n) is 6.53. The van der Waals surface area contributed by atoms with Crippen LogP contribution in [0.4, 0.5) is 0 Å². The second-order valence-corrected chi connectivity index (χ2v) is 4.64. The Labute approximate surface area is 121 Å². The molecule has 3 aromatic rings. The smallest absolute Gasteiger partial charge is 0.290 e. The number of carbonyl (C=O) groups excluding carboxylic acids is 1.